The molecule has 2 rings (SSSR count). The number of ketones is 1. The first-order chi connectivity index (χ1) is 9.47. The maximum absolute atomic E-state index is 13.9. The first-order valence-corrected chi connectivity index (χ1v) is 6.27. The Kier molecular flexibility index (Phi) is 3.88. The van der Waals surface area contributed by atoms with Gasteiger partial charge in [0.05, 0.1) is 12.7 Å². The van der Waals surface area contributed by atoms with E-state index >= 15 is 0 Å². The first-order valence-electron chi connectivity index (χ1n) is 6.27. The summed E-state index contributed by atoms with van der Waals surface area (Å²) in [4.78, 5) is 23.4. The Morgan fingerprint density at radius 1 is 1.50 bits per heavy atom. The minimum atomic E-state index is -0.783. The van der Waals surface area contributed by atoms with Crippen LogP contribution in [0.25, 0.3) is 0 Å². The van der Waals surface area contributed by atoms with Crippen molar-refractivity contribution in [3.8, 4) is 5.75 Å². The third kappa shape index (κ3) is 2.43. The van der Waals surface area contributed by atoms with Crippen molar-refractivity contribution >= 4 is 11.8 Å². The fourth-order valence-electron chi connectivity index (χ4n) is 2.05. The van der Waals surface area contributed by atoms with E-state index in [0.717, 1.165) is 6.07 Å². The van der Waals surface area contributed by atoms with Gasteiger partial charge in [-0.05, 0) is 23.6 Å². The molecule has 0 aromatic heterocycles. The molecule has 0 N–H and O–H groups in total. The highest BCUT2D eigenvalue weighted by Crippen LogP contribution is 2.32. The highest BCUT2D eigenvalue weighted by atomic mass is 19.1. The fourth-order valence-corrected chi connectivity index (χ4v) is 2.05. The number of esters is 1. The predicted molar refractivity (Wildman–Crippen MR) is 70.3 cm³/mol. The number of benzene rings is 1. The maximum atomic E-state index is 13.9. The second kappa shape index (κ2) is 5.45. The Labute approximate surface area is 116 Å². The molecule has 1 aromatic rings. The third-order valence-electron chi connectivity index (χ3n) is 3.28. The zero-order valence-electron chi connectivity index (χ0n) is 11.4. The van der Waals surface area contributed by atoms with Gasteiger partial charge in [0.25, 0.3) is 0 Å². The second-order valence-electron chi connectivity index (χ2n) is 4.56. The number of carbonyl (C=O) groups excluding carboxylic acids is 2. The molecule has 1 aliphatic heterocycles. The van der Waals surface area contributed by atoms with Crippen molar-refractivity contribution in [1.82, 2.24) is 0 Å². The molecule has 1 atom stereocenters. The van der Waals surface area contributed by atoms with Crippen molar-refractivity contribution in [2.24, 2.45) is 0 Å². The summed E-state index contributed by atoms with van der Waals surface area (Å²) in [7, 11) is 1.26. The van der Waals surface area contributed by atoms with E-state index in [-0.39, 0.29) is 17.7 Å². The number of carbonyl (C=O) groups is 2. The number of methoxy groups -OCH3 is 1. The molecule has 0 saturated carbocycles. The van der Waals surface area contributed by atoms with Crippen molar-refractivity contribution in [2.45, 2.75) is 25.9 Å². The molecule has 0 aliphatic carbocycles. The molecule has 106 valence electrons. The van der Waals surface area contributed by atoms with Gasteiger partial charge in [-0.15, -0.1) is 0 Å². The van der Waals surface area contributed by atoms with Crippen LogP contribution in [0, 0.1) is 5.82 Å². The van der Waals surface area contributed by atoms with E-state index < -0.39 is 23.7 Å². The lowest BCUT2D eigenvalue weighted by molar-refractivity contribution is -0.147. The van der Waals surface area contributed by atoms with Crippen LogP contribution in [0.4, 0.5) is 4.39 Å². The molecule has 1 aromatic carbocycles. The summed E-state index contributed by atoms with van der Waals surface area (Å²) in [6.07, 6.45) is -0.0632. The van der Waals surface area contributed by atoms with Crippen molar-refractivity contribution in [3.63, 3.8) is 0 Å². The van der Waals surface area contributed by atoms with E-state index in [1.807, 2.05) is 0 Å². The molecule has 0 bridgehead atoms. The largest absolute Gasteiger partial charge is 0.478 e. The quantitative estimate of drug-likeness (QED) is 0.482. The lowest BCUT2D eigenvalue weighted by atomic mass is 9.98. The van der Waals surface area contributed by atoms with Crippen LogP contribution >= 0.6 is 0 Å². The van der Waals surface area contributed by atoms with Crippen LogP contribution in [-0.4, -0.2) is 25.0 Å². The van der Waals surface area contributed by atoms with Crippen LogP contribution in [0.2, 0.25) is 0 Å². The van der Waals surface area contributed by atoms with Gasteiger partial charge in [0.1, 0.15) is 11.6 Å². The van der Waals surface area contributed by atoms with Crippen molar-refractivity contribution in [1.29, 1.82) is 0 Å². The Bertz CT molecular complexity index is 592. The Balaban J connectivity index is 2.32. The summed E-state index contributed by atoms with van der Waals surface area (Å²) in [5, 5.41) is 0. The molecule has 0 radical (unpaired) electrons. The number of Topliss-reactive ketones (excluding diaryl/α,β-unsaturated/α-hetero) is 1. The third-order valence-corrected chi connectivity index (χ3v) is 3.28. The van der Waals surface area contributed by atoms with Crippen LogP contribution in [0.5, 0.6) is 5.75 Å². The van der Waals surface area contributed by atoms with E-state index in [2.05, 4.69) is 11.3 Å². The smallest absolute Gasteiger partial charge is 0.347 e. The van der Waals surface area contributed by atoms with Crippen LogP contribution < -0.4 is 4.74 Å². The summed E-state index contributed by atoms with van der Waals surface area (Å²) < 4.78 is 23.8. The van der Waals surface area contributed by atoms with Gasteiger partial charge in [0.15, 0.2) is 11.9 Å². The normalized spacial score (nSPS) is 16.2. The number of halogens is 1. The Morgan fingerprint density at radius 3 is 2.80 bits per heavy atom. The molecule has 20 heavy (non-hydrogen) atoms. The van der Waals surface area contributed by atoms with Gasteiger partial charge >= 0.3 is 5.97 Å². The van der Waals surface area contributed by atoms with Crippen molar-refractivity contribution in [2.75, 3.05) is 7.11 Å². The average Bonchev–Trinajstić information content (AvgIpc) is 2.86. The van der Waals surface area contributed by atoms with Crippen LogP contribution in [0.15, 0.2) is 24.3 Å². The highest BCUT2D eigenvalue weighted by molar-refractivity contribution is 6.08. The minimum absolute atomic E-state index is 0.0373. The van der Waals surface area contributed by atoms with Crippen LogP contribution in [-0.2, 0) is 16.0 Å². The molecular formula is C15H15FO4. The van der Waals surface area contributed by atoms with E-state index in [9.17, 15) is 14.0 Å². The number of hydrogen-bond acceptors (Lipinski definition) is 4. The Morgan fingerprint density at radius 2 is 2.20 bits per heavy atom. The topological polar surface area (TPSA) is 52.6 Å². The molecule has 1 aliphatic rings. The fraction of sp³-hybridized carbons (Fsp3) is 0.333. The SMILES string of the molecule is C=C(CC)C(=O)c1cc2c(cc1F)OC(C(=O)OC)C2. The monoisotopic (exact) mass is 278 g/mol. The summed E-state index contributed by atoms with van der Waals surface area (Å²) in [6, 6.07) is 2.56. The van der Waals surface area contributed by atoms with Gasteiger partial charge in [-0.3, -0.25) is 4.79 Å². The molecule has 0 spiro atoms. The molecule has 1 heterocycles. The summed E-state index contributed by atoms with van der Waals surface area (Å²) in [5.41, 5.74) is 0.922. The first kappa shape index (κ1) is 14.2. The van der Waals surface area contributed by atoms with E-state index in [4.69, 9.17) is 4.74 Å². The zero-order valence-corrected chi connectivity index (χ0v) is 11.4. The van der Waals surface area contributed by atoms with Gasteiger partial charge in [-0.2, -0.15) is 0 Å². The van der Waals surface area contributed by atoms with E-state index in [1.165, 1.54) is 13.2 Å². The Hall–Kier alpha value is -2.17. The standard InChI is InChI=1S/C15H15FO4/c1-4-8(2)14(17)10-5-9-6-13(15(18)19-3)20-12(9)7-11(10)16/h5,7,13H,2,4,6H2,1,3H3. The number of allylic oxidation sites excluding steroid dienone is 1. The summed E-state index contributed by atoms with van der Waals surface area (Å²) in [6.45, 7) is 5.40. The van der Waals surface area contributed by atoms with E-state index in [1.54, 1.807) is 6.92 Å². The molecule has 5 heteroatoms. The van der Waals surface area contributed by atoms with Crippen molar-refractivity contribution < 1.29 is 23.5 Å². The molecule has 0 amide bonds. The molecule has 1 unspecified atom stereocenters. The average molecular weight is 278 g/mol. The van der Waals surface area contributed by atoms with Gasteiger partial charge < -0.3 is 9.47 Å². The van der Waals surface area contributed by atoms with Crippen LogP contribution in [0.3, 0.4) is 0 Å². The molecule has 4 nitrogen and oxygen atoms in total. The molecular weight excluding hydrogens is 263 g/mol. The lowest BCUT2D eigenvalue weighted by Gasteiger charge is -2.07. The number of hydrogen-bond donors (Lipinski definition) is 0. The number of fused-ring (bicyclic) bond motifs is 1. The summed E-state index contributed by atoms with van der Waals surface area (Å²) >= 11 is 0. The zero-order chi connectivity index (χ0) is 14.9. The van der Waals surface area contributed by atoms with Gasteiger partial charge in [-0.1, -0.05) is 13.5 Å². The van der Waals surface area contributed by atoms with Gasteiger partial charge in [0, 0.05) is 12.5 Å². The predicted octanol–water partition coefficient (Wildman–Crippen LogP) is 2.45. The lowest BCUT2D eigenvalue weighted by Crippen LogP contribution is -2.26. The minimum Gasteiger partial charge on any atom is -0.478 e. The van der Waals surface area contributed by atoms with Crippen molar-refractivity contribution in [3.05, 3.63) is 41.2 Å². The summed E-state index contributed by atoms with van der Waals surface area (Å²) in [5.74, 6) is -1.34. The van der Waals surface area contributed by atoms with Gasteiger partial charge in [-0.25, -0.2) is 9.18 Å². The number of rotatable bonds is 4. The molecule has 0 saturated heterocycles. The van der Waals surface area contributed by atoms with E-state index in [0.29, 0.717) is 17.6 Å². The second-order valence-corrected chi connectivity index (χ2v) is 4.56. The maximum Gasteiger partial charge on any atom is 0.347 e. The molecule has 0 fully saturated rings. The highest BCUT2D eigenvalue weighted by Gasteiger charge is 2.31. The number of ether oxygens (including phenoxy) is 2. The van der Waals surface area contributed by atoms with Gasteiger partial charge in [0.2, 0.25) is 0 Å². The van der Waals surface area contributed by atoms with Crippen LogP contribution in [0.1, 0.15) is 29.3 Å².